The molecule has 1 aromatic heterocycles. The van der Waals surface area contributed by atoms with Crippen molar-refractivity contribution in [2.45, 2.75) is 25.8 Å². The minimum absolute atomic E-state index is 0.112. The van der Waals surface area contributed by atoms with Crippen molar-refractivity contribution in [2.24, 2.45) is 5.92 Å². The Balaban J connectivity index is 1.76. The molecule has 20 heavy (non-hydrogen) atoms. The summed E-state index contributed by atoms with van der Waals surface area (Å²) < 4.78 is 1.69. The maximum atomic E-state index is 11.9. The van der Waals surface area contributed by atoms with Gasteiger partial charge in [-0.1, -0.05) is 12.1 Å². The van der Waals surface area contributed by atoms with Crippen LogP contribution < -0.4 is 10.6 Å². The molecule has 0 aromatic carbocycles. The highest BCUT2D eigenvalue weighted by molar-refractivity contribution is 5.91. The first-order valence-electron chi connectivity index (χ1n) is 6.69. The van der Waals surface area contributed by atoms with Crippen molar-refractivity contribution in [3.63, 3.8) is 0 Å². The number of rotatable bonds is 7. The lowest BCUT2D eigenvalue weighted by atomic mass is 10.1. The van der Waals surface area contributed by atoms with Crippen LogP contribution in [0.3, 0.4) is 0 Å². The van der Waals surface area contributed by atoms with Gasteiger partial charge in [0.05, 0.1) is 12.2 Å². The van der Waals surface area contributed by atoms with Gasteiger partial charge in [0, 0.05) is 26.1 Å². The highest BCUT2D eigenvalue weighted by atomic mass is 16.4. The molecular formula is C12H19N5O3. The van der Waals surface area contributed by atoms with Crippen molar-refractivity contribution in [1.82, 2.24) is 25.6 Å². The number of nitrogens with one attached hydrogen (secondary N) is 2. The molecule has 1 atom stereocenters. The van der Waals surface area contributed by atoms with Crippen LogP contribution in [0.1, 0.15) is 36.3 Å². The van der Waals surface area contributed by atoms with E-state index < -0.39 is 5.97 Å². The molecule has 1 saturated heterocycles. The van der Waals surface area contributed by atoms with E-state index in [2.05, 4.69) is 20.9 Å². The minimum Gasteiger partial charge on any atom is -0.481 e. The van der Waals surface area contributed by atoms with E-state index in [1.54, 1.807) is 10.9 Å². The Labute approximate surface area is 116 Å². The molecule has 0 radical (unpaired) electrons. The second-order valence-electron chi connectivity index (χ2n) is 5.14. The molecule has 1 aliphatic heterocycles. The predicted octanol–water partition coefficient (Wildman–Crippen LogP) is -0.347. The number of hydrogen-bond donors (Lipinski definition) is 3. The summed E-state index contributed by atoms with van der Waals surface area (Å²) in [5, 5.41) is 22.2. The molecule has 1 unspecified atom stereocenters. The third kappa shape index (κ3) is 3.77. The van der Waals surface area contributed by atoms with Gasteiger partial charge in [-0.25, -0.2) is 4.68 Å². The summed E-state index contributed by atoms with van der Waals surface area (Å²) in [6, 6.07) is 0.276. The quantitative estimate of drug-likeness (QED) is 0.630. The molecule has 1 fully saturated rings. The fraction of sp³-hybridized carbons (Fsp3) is 0.667. The number of carboxylic acids is 1. The normalized spacial score (nSPS) is 16.4. The molecular weight excluding hydrogens is 262 g/mol. The average molecular weight is 281 g/mol. The fourth-order valence-electron chi connectivity index (χ4n) is 1.85. The molecule has 2 heterocycles. The van der Waals surface area contributed by atoms with Crippen molar-refractivity contribution in [2.75, 3.05) is 19.6 Å². The third-order valence-corrected chi connectivity index (χ3v) is 3.34. The molecule has 0 saturated carbocycles. The van der Waals surface area contributed by atoms with Gasteiger partial charge < -0.3 is 15.7 Å². The zero-order valence-electron chi connectivity index (χ0n) is 11.4. The number of nitrogens with zero attached hydrogens (tertiary/aromatic N) is 3. The predicted molar refractivity (Wildman–Crippen MR) is 70.3 cm³/mol. The first kappa shape index (κ1) is 14.4. The minimum atomic E-state index is -0.819. The lowest BCUT2D eigenvalue weighted by molar-refractivity contribution is -0.137. The van der Waals surface area contributed by atoms with E-state index in [0.29, 0.717) is 18.7 Å². The summed E-state index contributed by atoms with van der Waals surface area (Å²) in [7, 11) is 0. The molecule has 8 heteroatoms. The van der Waals surface area contributed by atoms with Crippen LogP contribution in [-0.2, 0) is 4.79 Å². The van der Waals surface area contributed by atoms with Gasteiger partial charge in [-0.3, -0.25) is 9.59 Å². The molecule has 110 valence electrons. The van der Waals surface area contributed by atoms with Crippen LogP contribution in [0.2, 0.25) is 0 Å². The number of carboxylic acid groups (broad SMARTS) is 1. The van der Waals surface area contributed by atoms with Crippen molar-refractivity contribution < 1.29 is 14.7 Å². The standard InChI is InChI=1S/C12H19N5O3/c1-8(2-3-11(18)19)4-14-12(20)10-7-17(16-15-10)9-5-13-6-9/h7-9,13H,2-6H2,1H3,(H,14,20)(H,18,19). The van der Waals surface area contributed by atoms with E-state index in [1.807, 2.05) is 6.92 Å². The van der Waals surface area contributed by atoms with Crippen molar-refractivity contribution in [1.29, 1.82) is 0 Å². The van der Waals surface area contributed by atoms with Crippen LogP contribution in [0.4, 0.5) is 0 Å². The van der Waals surface area contributed by atoms with E-state index in [0.717, 1.165) is 13.1 Å². The van der Waals surface area contributed by atoms with Crippen molar-refractivity contribution in [3.05, 3.63) is 11.9 Å². The summed E-state index contributed by atoms with van der Waals surface area (Å²) in [6.45, 7) is 4.03. The average Bonchev–Trinajstić information content (AvgIpc) is 2.80. The number of carbonyl (C=O) groups is 2. The molecule has 3 N–H and O–H groups in total. The summed E-state index contributed by atoms with van der Waals surface area (Å²) in [5.74, 6) is -0.980. The van der Waals surface area contributed by atoms with Gasteiger partial charge in [-0.15, -0.1) is 5.10 Å². The summed E-state index contributed by atoms with van der Waals surface area (Å²) in [4.78, 5) is 22.3. The van der Waals surface area contributed by atoms with Crippen LogP contribution in [0, 0.1) is 5.92 Å². The monoisotopic (exact) mass is 281 g/mol. The summed E-state index contributed by atoms with van der Waals surface area (Å²) >= 11 is 0. The number of aliphatic carboxylic acids is 1. The Bertz CT molecular complexity index is 483. The van der Waals surface area contributed by atoms with E-state index in [9.17, 15) is 9.59 Å². The Morgan fingerprint density at radius 3 is 2.95 bits per heavy atom. The third-order valence-electron chi connectivity index (χ3n) is 3.34. The number of amides is 1. The Morgan fingerprint density at radius 1 is 1.60 bits per heavy atom. The molecule has 1 aromatic rings. The van der Waals surface area contributed by atoms with Crippen LogP contribution >= 0.6 is 0 Å². The maximum absolute atomic E-state index is 11.9. The fourth-order valence-corrected chi connectivity index (χ4v) is 1.85. The highest BCUT2D eigenvalue weighted by Gasteiger charge is 2.21. The highest BCUT2D eigenvalue weighted by Crippen LogP contribution is 2.10. The second-order valence-corrected chi connectivity index (χ2v) is 5.14. The van der Waals surface area contributed by atoms with Crippen LogP contribution in [0.25, 0.3) is 0 Å². The maximum Gasteiger partial charge on any atom is 0.303 e. The molecule has 2 rings (SSSR count). The molecule has 8 nitrogen and oxygen atoms in total. The Kier molecular flexibility index (Phi) is 4.67. The van der Waals surface area contributed by atoms with E-state index in [1.165, 1.54) is 0 Å². The first-order valence-corrected chi connectivity index (χ1v) is 6.69. The SMILES string of the molecule is CC(CCC(=O)O)CNC(=O)c1cn(C2CNC2)nn1. The zero-order chi connectivity index (χ0) is 14.5. The number of carbonyl (C=O) groups excluding carboxylic acids is 1. The van der Waals surface area contributed by atoms with Gasteiger partial charge in [0.15, 0.2) is 5.69 Å². The topological polar surface area (TPSA) is 109 Å². The Morgan fingerprint density at radius 2 is 2.35 bits per heavy atom. The molecule has 0 aliphatic carbocycles. The van der Waals surface area contributed by atoms with Crippen LogP contribution in [0.5, 0.6) is 0 Å². The van der Waals surface area contributed by atoms with E-state index >= 15 is 0 Å². The second kappa shape index (κ2) is 6.47. The van der Waals surface area contributed by atoms with Gasteiger partial charge in [0.25, 0.3) is 5.91 Å². The van der Waals surface area contributed by atoms with Gasteiger partial charge in [-0.05, 0) is 12.3 Å². The lowest BCUT2D eigenvalue weighted by Gasteiger charge is -2.26. The van der Waals surface area contributed by atoms with Gasteiger partial charge >= 0.3 is 5.97 Å². The first-order chi connectivity index (χ1) is 9.56. The van der Waals surface area contributed by atoms with Crippen molar-refractivity contribution in [3.8, 4) is 0 Å². The smallest absolute Gasteiger partial charge is 0.303 e. The van der Waals surface area contributed by atoms with Gasteiger partial charge in [0.2, 0.25) is 0 Å². The zero-order valence-corrected chi connectivity index (χ0v) is 11.4. The lowest BCUT2D eigenvalue weighted by Crippen LogP contribution is -2.43. The summed E-state index contributed by atoms with van der Waals surface area (Å²) in [6.07, 6.45) is 2.29. The molecule has 1 aliphatic rings. The van der Waals surface area contributed by atoms with Gasteiger partial charge in [-0.2, -0.15) is 0 Å². The largest absolute Gasteiger partial charge is 0.481 e. The van der Waals surface area contributed by atoms with Crippen molar-refractivity contribution >= 4 is 11.9 Å². The number of aromatic nitrogens is 3. The molecule has 0 spiro atoms. The van der Waals surface area contributed by atoms with E-state index in [4.69, 9.17) is 5.11 Å². The Hall–Kier alpha value is -1.96. The molecule has 0 bridgehead atoms. The van der Waals surface area contributed by atoms with Crippen LogP contribution in [0.15, 0.2) is 6.20 Å². The molecule has 1 amide bonds. The van der Waals surface area contributed by atoms with E-state index in [-0.39, 0.29) is 24.3 Å². The van der Waals surface area contributed by atoms with Crippen LogP contribution in [-0.4, -0.2) is 51.6 Å². The number of hydrogen-bond acceptors (Lipinski definition) is 5. The van der Waals surface area contributed by atoms with Gasteiger partial charge in [0.1, 0.15) is 0 Å². The summed E-state index contributed by atoms with van der Waals surface area (Å²) in [5.41, 5.74) is 0.294.